The summed E-state index contributed by atoms with van der Waals surface area (Å²) in [4.78, 5) is 34.3. The average Bonchev–Trinajstić information content (AvgIpc) is 2.29. The molecule has 1 rings (SSSR count). The number of nitrogen functional groups attached to an aromatic ring is 1. The van der Waals surface area contributed by atoms with Gasteiger partial charge in [0.15, 0.2) is 0 Å². The van der Waals surface area contributed by atoms with Crippen molar-refractivity contribution in [2.75, 3.05) is 12.3 Å². The molecule has 0 aliphatic rings. The number of nitrogens with two attached hydrogens (primary N) is 1. The van der Waals surface area contributed by atoms with E-state index in [1.165, 1.54) is 7.05 Å². The van der Waals surface area contributed by atoms with Crippen LogP contribution in [0.2, 0.25) is 0 Å². The Bertz CT molecular complexity index is 568. The number of nitrogens with one attached hydrogen (secondary N) is 1. The Morgan fingerprint density at radius 2 is 2.00 bits per heavy atom. The number of hydrogen-bond donors (Lipinski definition) is 2. The lowest BCUT2D eigenvalue weighted by Gasteiger charge is -2.10. The molecule has 0 spiro atoms. The normalized spacial score (nSPS) is 11.4. The van der Waals surface area contributed by atoms with Gasteiger partial charge in [0, 0.05) is 13.2 Å². The SMILES string of the molecule is Cn1cc(N)c(=O)n(CC(=O)NCC(F)(F)F)c1=O. The summed E-state index contributed by atoms with van der Waals surface area (Å²) in [6.45, 7) is -2.37. The molecule has 3 N–H and O–H groups in total. The Balaban J connectivity index is 2.92. The van der Waals surface area contributed by atoms with Crippen molar-refractivity contribution in [2.45, 2.75) is 12.7 Å². The minimum absolute atomic E-state index is 0.286. The Morgan fingerprint density at radius 1 is 1.42 bits per heavy atom. The van der Waals surface area contributed by atoms with E-state index in [1.807, 2.05) is 0 Å². The third-order valence-corrected chi connectivity index (χ3v) is 2.15. The quantitative estimate of drug-likeness (QED) is 0.727. The molecule has 0 bridgehead atoms. The highest BCUT2D eigenvalue weighted by Gasteiger charge is 2.27. The van der Waals surface area contributed by atoms with E-state index < -0.39 is 36.4 Å². The number of alkyl halides is 3. The summed E-state index contributed by atoms with van der Waals surface area (Å²) in [6, 6.07) is 0. The van der Waals surface area contributed by atoms with Gasteiger partial charge in [0.25, 0.3) is 5.56 Å². The van der Waals surface area contributed by atoms with Gasteiger partial charge in [-0.05, 0) is 0 Å². The standard InChI is InChI=1S/C9H11F3N4O3/c1-15-2-5(13)7(18)16(8(15)19)3-6(17)14-4-9(10,11)12/h2H,3-4,13H2,1H3,(H,14,17). The van der Waals surface area contributed by atoms with Gasteiger partial charge >= 0.3 is 11.9 Å². The molecule has 10 heteroatoms. The van der Waals surface area contributed by atoms with Gasteiger partial charge in [0.05, 0.1) is 0 Å². The van der Waals surface area contributed by atoms with E-state index in [-0.39, 0.29) is 5.69 Å². The van der Waals surface area contributed by atoms with Crippen molar-refractivity contribution in [2.24, 2.45) is 7.05 Å². The summed E-state index contributed by atoms with van der Waals surface area (Å²) in [5.74, 6) is -1.11. The van der Waals surface area contributed by atoms with Crippen LogP contribution in [0.15, 0.2) is 15.8 Å². The molecule has 19 heavy (non-hydrogen) atoms. The van der Waals surface area contributed by atoms with Crippen molar-refractivity contribution < 1.29 is 18.0 Å². The zero-order chi connectivity index (χ0) is 14.8. The van der Waals surface area contributed by atoms with Crippen molar-refractivity contribution in [1.82, 2.24) is 14.5 Å². The maximum Gasteiger partial charge on any atom is 0.405 e. The number of carbonyl (C=O) groups is 1. The summed E-state index contributed by atoms with van der Waals surface area (Å²) in [5, 5.41) is 1.55. The van der Waals surface area contributed by atoms with Gasteiger partial charge in [-0.3, -0.25) is 9.59 Å². The van der Waals surface area contributed by atoms with Gasteiger partial charge in [0.2, 0.25) is 5.91 Å². The van der Waals surface area contributed by atoms with Crippen molar-refractivity contribution in [3.8, 4) is 0 Å². The molecule has 106 valence electrons. The van der Waals surface area contributed by atoms with Crippen LogP contribution in [0.3, 0.4) is 0 Å². The smallest absolute Gasteiger partial charge is 0.393 e. The summed E-state index contributed by atoms with van der Waals surface area (Å²) in [6.07, 6.45) is -3.50. The molecule has 0 aromatic carbocycles. The second-order valence-electron chi connectivity index (χ2n) is 3.76. The van der Waals surface area contributed by atoms with Crippen molar-refractivity contribution in [3.63, 3.8) is 0 Å². The number of anilines is 1. The molecule has 1 aromatic rings. The van der Waals surface area contributed by atoms with Gasteiger partial charge in [-0.15, -0.1) is 0 Å². The number of nitrogens with zero attached hydrogens (tertiary/aromatic N) is 2. The zero-order valence-corrected chi connectivity index (χ0v) is 9.82. The lowest BCUT2D eigenvalue weighted by Crippen LogP contribution is -2.45. The topological polar surface area (TPSA) is 99.1 Å². The summed E-state index contributed by atoms with van der Waals surface area (Å²) in [7, 11) is 1.29. The molecule has 0 fully saturated rings. The van der Waals surface area contributed by atoms with Crippen LogP contribution in [0.1, 0.15) is 0 Å². The van der Waals surface area contributed by atoms with Gasteiger partial charge < -0.3 is 15.6 Å². The highest BCUT2D eigenvalue weighted by Crippen LogP contribution is 2.11. The fraction of sp³-hybridized carbons (Fsp3) is 0.444. The largest absolute Gasteiger partial charge is 0.405 e. The Kier molecular flexibility index (Phi) is 4.02. The third-order valence-electron chi connectivity index (χ3n) is 2.15. The molecule has 7 nitrogen and oxygen atoms in total. The summed E-state index contributed by atoms with van der Waals surface area (Å²) < 4.78 is 37.0. The van der Waals surface area contributed by atoms with E-state index >= 15 is 0 Å². The predicted molar refractivity (Wildman–Crippen MR) is 59.4 cm³/mol. The number of amides is 1. The molecule has 0 radical (unpaired) electrons. The third kappa shape index (κ3) is 3.86. The van der Waals surface area contributed by atoms with E-state index in [0.717, 1.165) is 10.8 Å². The van der Waals surface area contributed by atoms with Crippen LogP contribution in [-0.2, 0) is 18.4 Å². The monoisotopic (exact) mass is 280 g/mol. The van der Waals surface area contributed by atoms with Gasteiger partial charge in [-0.25, -0.2) is 9.36 Å². The van der Waals surface area contributed by atoms with Crippen LogP contribution in [0, 0.1) is 0 Å². The van der Waals surface area contributed by atoms with Gasteiger partial charge in [0.1, 0.15) is 18.8 Å². The highest BCUT2D eigenvalue weighted by atomic mass is 19.4. The van der Waals surface area contributed by atoms with E-state index in [2.05, 4.69) is 0 Å². The maximum atomic E-state index is 11.9. The second kappa shape index (κ2) is 5.16. The number of aryl methyl sites for hydroxylation is 1. The van der Waals surface area contributed by atoms with Gasteiger partial charge in [-0.1, -0.05) is 0 Å². The minimum Gasteiger partial charge on any atom is -0.393 e. The van der Waals surface area contributed by atoms with Crippen LogP contribution in [0.25, 0.3) is 0 Å². The lowest BCUT2D eigenvalue weighted by molar-refractivity contribution is -0.138. The highest BCUT2D eigenvalue weighted by molar-refractivity contribution is 5.75. The fourth-order valence-electron chi connectivity index (χ4n) is 1.29. The van der Waals surface area contributed by atoms with E-state index in [0.29, 0.717) is 4.57 Å². The van der Waals surface area contributed by atoms with Crippen LogP contribution < -0.4 is 22.3 Å². The molecule has 0 atom stereocenters. The van der Waals surface area contributed by atoms with Crippen molar-refractivity contribution >= 4 is 11.6 Å². The lowest BCUT2D eigenvalue weighted by atomic mass is 10.4. The van der Waals surface area contributed by atoms with Crippen molar-refractivity contribution in [3.05, 3.63) is 27.0 Å². The molecule has 0 saturated heterocycles. The molecule has 1 heterocycles. The molecule has 0 aliphatic carbocycles. The van der Waals surface area contributed by atoms with E-state index in [4.69, 9.17) is 5.73 Å². The molecular formula is C9H11F3N4O3. The average molecular weight is 280 g/mol. The first-order valence-corrected chi connectivity index (χ1v) is 5.01. The van der Waals surface area contributed by atoms with Crippen LogP contribution in [0.4, 0.5) is 18.9 Å². The molecule has 0 aliphatic heterocycles. The first-order valence-electron chi connectivity index (χ1n) is 5.01. The molecule has 1 amide bonds. The van der Waals surface area contributed by atoms with Crippen molar-refractivity contribution in [1.29, 1.82) is 0 Å². The molecule has 1 aromatic heterocycles. The number of aromatic nitrogens is 2. The maximum absolute atomic E-state index is 11.9. The number of halogens is 3. The van der Waals surface area contributed by atoms with Crippen LogP contribution >= 0.6 is 0 Å². The molecule has 0 saturated carbocycles. The Labute approximate surface area is 104 Å². The number of rotatable bonds is 3. The predicted octanol–water partition coefficient (Wildman–Crippen LogP) is -1.19. The minimum atomic E-state index is -4.57. The number of carbonyl (C=O) groups excluding carboxylic acids is 1. The Morgan fingerprint density at radius 3 is 2.53 bits per heavy atom. The molecule has 0 unspecified atom stereocenters. The second-order valence-corrected chi connectivity index (χ2v) is 3.76. The van der Waals surface area contributed by atoms with Crippen LogP contribution in [0.5, 0.6) is 0 Å². The Hall–Kier alpha value is -2.26. The first-order chi connectivity index (χ1) is 8.61. The number of hydrogen-bond acceptors (Lipinski definition) is 4. The van der Waals surface area contributed by atoms with E-state index in [1.54, 1.807) is 5.32 Å². The summed E-state index contributed by atoms with van der Waals surface area (Å²) >= 11 is 0. The fourth-order valence-corrected chi connectivity index (χ4v) is 1.29. The summed E-state index contributed by atoms with van der Waals surface area (Å²) in [5.41, 5.74) is 3.25. The molecular weight excluding hydrogens is 269 g/mol. The van der Waals surface area contributed by atoms with Crippen LogP contribution in [-0.4, -0.2) is 27.8 Å². The zero-order valence-electron chi connectivity index (χ0n) is 9.82. The first kappa shape index (κ1) is 14.8. The van der Waals surface area contributed by atoms with Gasteiger partial charge in [-0.2, -0.15) is 13.2 Å². The van der Waals surface area contributed by atoms with E-state index in [9.17, 15) is 27.6 Å².